The lowest BCUT2D eigenvalue weighted by Gasteiger charge is -2.26. The Bertz CT molecular complexity index is 1220. The summed E-state index contributed by atoms with van der Waals surface area (Å²) < 4.78 is 75.7. The molecule has 0 amide bonds. The van der Waals surface area contributed by atoms with E-state index in [1.165, 1.54) is 10.4 Å². The largest absolute Gasteiger partial charge is 0.379 e. The van der Waals surface area contributed by atoms with Crippen molar-refractivity contribution in [2.24, 2.45) is 0 Å². The predicted octanol–water partition coefficient (Wildman–Crippen LogP) is 4.18. The molecule has 0 aliphatic carbocycles. The highest BCUT2D eigenvalue weighted by Gasteiger charge is 2.27. The van der Waals surface area contributed by atoms with Gasteiger partial charge in [-0.1, -0.05) is 18.7 Å². The molecule has 0 unspecified atom stereocenters. The highest BCUT2D eigenvalue weighted by Crippen LogP contribution is 2.31. The summed E-state index contributed by atoms with van der Waals surface area (Å²) in [5, 5.41) is 0.505. The molecular weight excluding hydrogens is 463 g/mol. The van der Waals surface area contributed by atoms with E-state index < -0.39 is 27.5 Å². The Balaban J connectivity index is 1.67. The van der Waals surface area contributed by atoms with Crippen LogP contribution in [0.2, 0.25) is 0 Å². The Labute approximate surface area is 188 Å². The average molecular weight is 486 g/mol. The van der Waals surface area contributed by atoms with E-state index in [1.54, 1.807) is 12.1 Å². The van der Waals surface area contributed by atoms with Gasteiger partial charge in [-0.2, -0.15) is 4.31 Å². The maximum Gasteiger partial charge on any atom is 0.243 e. The molecule has 2 aromatic carbocycles. The molecule has 4 rings (SSSR count). The van der Waals surface area contributed by atoms with E-state index in [1.807, 2.05) is 11.5 Å². The van der Waals surface area contributed by atoms with Crippen molar-refractivity contribution in [3.63, 3.8) is 0 Å². The Hall–Kier alpha value is -2.08. The number of benzene rings is 2. The minimum Gasteiger partial charge on any atom is -0.379 e. The van der Waals surface area contributed by atoms with Crippen LogP contribution < -0.4 is 0 Å². The molecule has 3 aromatic rings. The van der Waals surface area contributed by atoms with Crippen molar-refractivity contribution in [3.8, 4) is 0 Å². The smallest absolute Gasteiger partial charge is 0.243 e. The molecule has 1 aliphatic heterocycles. The number of sulfonamides is 1. The van der Waals surface area contributed by atoms with E-state index in [9.17, 15) is 21.6 Å². The summed E-state index contributed by atoms with van der Waals surface area (Å²) in [5.41, 5.74) is 0.979. The van der Waals surface area contributed by atoms with Gasteiger partial charge in [0.1, 0.15) is 17.5 Å². The van der Waals surface area contributed by atoms with Crippen molar-refractivity contribution >= 4 is 32.8 Å². The summed E-state index contributed by atoms with van der Waals surface area (Å²) >= 11 is 1.11. The normalized spacial score (nSPS) is 15.5. The molecule has 1 fully saturated rings. The third-order valence-electron chi connectivity index (χ3n) is 5.19. The molecule has 2 heterocycles. The summed E-state index contributed by atoms with van der Waals surface area (Å²) in [6.45, 7) is 3.87. The lowest BCUT2D eigenvalue weighted by Crippen LogP contribution is -2.40. The molecule has 0 bridgehead atoms. The van der Waals surface area contributed by atoms with Gasteiger partial charge in [-0.25, -0.2) is 26.6 Å². The van der Waals surface area contributed by atoms with Gasteiger partial charge >= 0.3 is 0 Å². The number of imidazole rings is 1. The maximum absolute atomic E-state index is 14.0. The number of nitrogens with zero attached hydrogens (tertiary/aromatic N) is 3. The van der Waals surface area contributed by atoms with Crippen LogP contribution in [0.1, 0.15) is 18.9 Å². The third kappa shape index (κ3) is 4.52. The van der Waals surface area contributed by atoms with Crippen LogP contribution in [0.4, 0.5) is 13.2 Å². The van der Waals surface area contributed by atoms with E-state index in [0.29, 0.717) is 55.7 Å². The van der Waals surface area contributed by atoms with Crippen molar-refractivity contribution < 1.29 is 26.3 Å². The Morgan fingerprint density at radius 1 is 1.09 bits per heavy atom. The number of rotatable bonds is 7. The fraction of sp³-hybridized carbons (Fsp3) is 0.381. The number of fused-ring (bicyclic) bond motifs is 1. The fourth-order valence-corrected chi connectivity index (χ4v) is 6.07. The number of halogens is 3. The van der Waals surface area contributed by atoms with Crippen molar-refractivity contribution in [2.75, 3.05) is 26.3 Å². The zero-order valence-electron chi connectivity index (χ0n) is 17.4. The van der Waals surface area contributed by atoms with Gasteiger partial charge in [-0.15, -0.1) is 0 Å². The van der Waals surface area contributed by atoms with Gasteiger partial charge in [0, 0.05) is 43.1 Å². The van der Waals surface area contributed by atoms with Crippen molar-refractivity contribution in [1.29, 1.82) is 0 Å². The summed E-state index contributed by atoms with van der Waals surface area (Å²) in [7, 11) is -3.68. The highest BCUT2D eigenvalue weighted by molar-refractivity contribution is 7.98. The molecule has 0 radical (unpaired) electrons. The van der Waals surface area contributed by atoms with Gasteiger partial charge in [0.25, 0.3) is 0 Å². The molecule has 32 heavy (non-hydrogen) atoms. The zero-order chi connectivity index (χ0) is 22.9. The first-order valence-electron chi connectivity index (χ1n) is 10.2. The van der Waals surface area contributed by atoms with Crippen LogP contribution in [-0.2, 0) is 27.1 Å². The third-order valence-corrected chi connectivity index (χ3v) is 8.09. The molecule has 6 nitrogen and oxygen atoms in total. The van der Waals surface area contributed by atoms with Crippen LogP contribution in [0.15, 0.2) is 40.4 Å². The monoisotopic (exact) mass is 485 g/mol. The maximum atomic E-state index is 14.0. The first kappa shape index (κ1) is 23.1. The molecule has 11 heteroatoms. The van der Waals surface area contributed by atoms with E-state index in [4.69, 9.17) is 4.74 Å². The Kier molecular flexibility index (Phi) is 6.80. The van der Waals surface area contributed by atoms with Crippen LogP contribution in [0.3, 0.4) is 0 Å². The van der Waals surface area contributed by atoms with Gasteiger partial charge in [-0.05, 0) is 24.6 Å². The molecule has 0 saturated carbocycles. The molecule has 0 N–H and O–H groups in total. The first-order chi connectivity index (χ1) is 15.3. The van der Waals surface area contributed by atoms with Crippen LogP contribution in [0.25, 0.3) is 11.0 Å². The summed E-state index contributed by atoms with van der Waals surface area (Å²) in [4.78, 5) is 4.68. The SMILES string of the molecule is CCCn1c(SCc2c(F)cc(F)cc2F)nc2cc(S(=O)(=O)N3CCOCC3)ccc21. The Morgan fingerprint density at radius 3 is 2.44 bits per heavy atom. The van der Waals surface area contributed by atoms with Crippen molar-refractivity contribution in [3.05, 3.63) is 53.3 Å². The van der Waals surface area contributed by atoms with Crippen LogP contribution in [0.5, 0.6) is 0 Å². The van der Waals surface area contributed by atoms with Crippen LogP contribution >= 0.6 is 11.8 Å². The van der Waals surface area contributed by atoms with Crippen LogP contribution in [-0.4, -0.2) is 48.6 Å². The quantitative estimate of drug-likeness (QED) is 0.470. The second-order valence-electron chi connectivity index (χ2n) is 7.35. The Morgan fingerprint density at radius 2 is 1.78 bits per heavy atom. The molecule has 172 valence electrons. The van der Waals surface area contributed by atoms with Crippen LogP contribution in [0, 0.1) is 17.5 Å². The molecule has 1 aliphatic rings. The summed E-state index contributed by atoms with van der Waals surface area (Å²) in [5.74, 6) is -2.95. The fourth-order valence-electron chi connectivity index (χ4n) is 3.58. The van der Waals surface area contributed by atoms with E-state index in [2.05, 4.69) is 4.98 Å². The van der Waals surface area contributed by atoms with E-state index in [-0.39, 0.29) is 16.2 Å². The van der Waals surface area contributed by atoms with E-state index >= 15 is 0 Å². The second kappa shape index (κ2) is 9.42. The van der Waals surface area contributed by atoms with E-state index in [0.717, 1.165) is 23.7 Å². The number of ether oxygens (including phenoxy) is 1. The summed E-state index contributed by atoms with van der Waals surface area (Å²) in [6, 6.07) is 6.08. The van der Waals surface area contributed by atoms with Crippen molar-refractivity contribution in [1.82, 2.24) is 13.9 Å². The minimum atomic E-state index is -3.68. The number of hydrogen-bond acceptors (Lipinski definition) is 5. The molecule has 1 saturated heterocycles. The predicted molar refractivity (Wildman–Crippen MR) is 115 cm³/mol. The standard InChI is InChI=1S/C21H22F3N3O3S2/c1-2-5-27-20-4-3-15(32(28,29)26-6-8-30-9-7-26)12-19(20)25-21(27)31-13-16-17(23)10-14(22)11-18(16)24/h3-4,10-12H,2,5-9,13H2,1H3. The van der Waals surface area contributed by atoms with Gasteiger partial charge in [-0.3, -0.25) is 0 Å². The minimum absolute atomic E-state index is 0.0794. The summed E-state index contributed by atoms with van der Waals surface area (Å²) in [6.07, 6.45) is 0.784. The number of aromatic nitrogens is 2. The van der Waals surface area contributed by atoms with Gasteiger partial charge in [0.2, 0.25) is 10.0 Å². The van der Waals surface area contributed by atoms with Gasteiger partial charge in [0.15, 0.2) is 5.16 Å². The highest BCUT2D eigenvalue weighted by atomic mass is 32.2. The molecule has 0 spiro atoms. The van der Waals surface area contributed by atoms with Gasteiger partial charge < -0.3 is 9.30 Å². The molecule has 0 atom stereocenters. The number of morpholine rings is 1. The first-order valence-corrected chi connectivity index (χ1v) is 12.6. The lowest BCUT2D eigenvalue weighted by molar-refractivity contribution is 0.0730. The topological polar surface area (TPSA) is 64.4 Å². The molecular formula is C21H22F3N3O3S2. The number of aryl methyl sites for hydroxylation is 1. The number of thioether (sulfide) groups is 1. The zero-order valence-corrected chi connectivity index (χ0v) is 19.0. The number of hydrogen-bond donors (Lipinski definition) is 0. The lowest BCUT2D eigenvalue weighted by atomic mass is 10.2. The average Bonchev–Trinajstić information content (AvgIpc) is 3.10. The van der Waals surface area contributed by atoms with Gasteiger partial charge in [0.05, 0.1) is 29.1 Å². The van der Waals surface area contributed by atoms with Crippen molar-refractivity contribution in [2.45, 2.75) is 35.7 Å². The second-order valence-corrected chi connectivity index (χ2v) is 10.2. The molecule has 1 aromatic heterocycles.